The van der Waals surface area contributed by atoms with Crippen molar-refractivity contribution in [2.75, 3.05) is 41.0 Å². The zero-order chi connectivity index (χ0) is 23.5. The minimum atomic E-state index is -4.09. The largest absolute Gasteiger partial charge is 0.497 e. The van der Waals surface area contributed by atoms with Gasteiger partial charge < -0.3 is 14.2 Å². The molecule has 0 bridgehead atoms. The number of hydrogen-bond acceptors (Lipinski definition) is 8. The van der Waals surface area contributed by atoms with Crippen LogP contribution in [0.1, 0.15) is 0 Å². The third-order valence-corrected chi connectivity index (χ3v) is 8.93. The van der Waals surface area contributed by atoms with Gasteiger partial charge >= 0.3 is 5.97 Å². The van der Waals surface area contributed by atoms with Crippen LogP contribution in [0.3, 0.4) is 0 Å². The molecule has 2 aromatic rings. The van der Waals surface area contributed by atoms with Gasteiger partial charge in [-0.3, -0.25) is 4.79 Å². The van der Waals surface area contributed by atoms with E-state index in [0.717, 1.165) is 15.7 Å². The fraction of sp³-hybridized carbons (Fsp3) is 0.350. The summed E-state index contributed by atoms with van der Waals surface area (Å²) >= 11 is 0. The summed E-state index contributed by atoms with van der Waals surface area (Å²) in [4.78, 5) is 12.4. The van der Waals surface area contributed by atoms with Gasteiger partial charge in [0.1, 0.15) is 17.5 Å². The SMILES string of the molecule is COC(=O)C1CN(S(=O)(=O)c2ccc(OC)cc2)CCN1S(=O)(=O)c1ccc(OC)cc1. The van der Waals surface area contributed by atoms with Crippen LogP contribution in [0.4, 0.5) is 0 Å². The molecule has 0 spiro atoms. The molecular weight excluding hydrogens is 460 g/mol. The van der Waals surface area contributed by atoms with Crippen LogP contribution < -0.4 is 9.47 Å². The van der Waals surface area contributed by atoms with E-state index < -0.39 is 32.1 Å². The summed E-state index contributed by atoms with van der Waals surface area (Å²) in [5, 5.41) is 0. The van der Waals surface area contributed by atoms with Crippen LogP contribution in [0.25, 0.3) is 0 Å². The first-order valence-electron chi connectivity index (χ1n) is 9.53. The molecular formula is C20H24N2O8S2. The maximum Gasteiger partial charge on any atom is 0.325 e. The van der Waals surface area contributed by atoms with Crippen molar-refractivity contribution in [3.8, 4) is 11.5 Å². The van der Waals surface area contributed by atoms with E-state index in [1.165, 1.54) is 62.8 Å². The second kappa shape index (κ2) is 9.45. The molecule has 2 aromatic carbocycles. The van der Waals surface area contributed by atoms with Crippen LogP contribution in [0.5, 0.6) is 11.5 Å². The molecule has 174 valence electrons. The van der Waals surface area contributed by atoms with Crippen LogP contribution in [0.2, 0.25) is 0 Å². The summed E-state index contributed by atoms with van der Waals surface area (Å²) in [5.41, 5.74) is 0. The lowest BCUT2D eigenvalue weighted by Gasteiger charge is -2.38. The van der Waals surface area contributed by atoms with Crippen molar-refractivity contribution >= 4 is 26.0 Å². The average Bonchev–Trinajstić information content (AvgIpc) is 2.83. The number of nitrogens with zero attached hydrogens (tertiary/aromatic N) is 2. The molecule has 0 amide bonds. The molecule has 0 aliphatic carbocycles. The van der Waals surface area contributed by atoms with Crippen LogP contribution in [0.15, 0.2) is 58.3 Å². The Kier molecular flexibility index (Phi) is 7.08. The number of carbonyl (C=O) groups is 1. The quantitative estimate of drug-likeness (QED) is 0.533. The van der Waals surface area contributed by atoms with Gasteiger partial charge in [-0.1, -0.05) is 0 Å². The van der Waals surface area contributed by atoms with Crippen molar-refractivity contribution in [2.45, 2.75) is 15.8 Å². The van der Waals surface area contributed by atoms with Gasteiger partial charge in [-0.05, 0) is 48.5 Å². The molecule has 1 atom stereocenters. The Balaban J connectivity index is 1.91. The van der Waals surface area contributed by atoms with Gasteiger partial charge in [0.05, 0.1) is 31.1 Å². The second-order valence-corrected chi connectivity index (χ2v) is 10.7. The molecule has 1 aliphatic rings. The lowest BCUT2D eigenvalue weighted by Crippen LogP contribution is -2.59. The first-order chi connectivity index (χ1) is 15.1. The first kappa shape index (κ1) is 24.0. The van der Waals surface area contributed by atoms with Crippen molar-refractivity contribution in [1.82, 2.24) is 8.61 Å². The van der Waals surface area contributed by atoms with Crippen molar-refractivity contribution < 1.29 is 35.8 Å². The second-order valence-electron chi connectivity index (χ2n) is 6.87. The number of benzene rings is 2. The van der Waals surface area contributed by atoms with E-state index in [1.54, 1.807) is 0 Å². The van der Waals surface area contributed by atoms with E-state index in [-0.39, 0.29) is 29.4 Å². The Morgan fingerprint density at radius 1 is 0.781 bits per heavy atom. The Hall–Kier alpha value is -2.67. The van der Waals surface area contributed by atoms with E-state index >= 15 is 0 Å². The smallest absolute Gasteiger partial charge is 0.325 e. The monoisotopic (exact) mass is 484 g/mol. The summed E-state index contributed by atoms with van der Waals surface area (Å²) < 4.78 is 69.5. The van der Waals surface area contributed by atoms with Crippen LogP contribution in [0, 0.1) is 0 Å². The van der Waals surface area contributed by atoms with E-state index in [9.17, 15) is 21.6 Å². The third kappa shape index (κ3) is 4.58. The number of hydrogen-bond donors (Lipinski definition) is 0. The third-order valence-electron chi connectivity index (χ3n) is 5.13. The summed E-state index contributed by atoms with van der Waals surface area (Å²) in [6, 6.07) is 10.2. The zero-order valence-electron chi connectivity index (χ0n) is 17.8. The molecule has 10 nitrogen and oxygen atoms in total. The molecule has 32 heavy (non-hydrogen) atoms. The molecule has 0 radical (unpaired) electrons. The van der Waals surface area contributed by atoms with Crippen molar-refractivity contribution in [2.24, 2.45) is 0 Å². The molecule has 1 heterocycles. The first-order valence-corrected chi connectivity index (χ1v) is 12.4. The Bertz CT molecular complexity index is 1160. The Morgan fingerprint density at radius 3 is 1.69 bits per heavy atom. The predicted molar refractivity (Wildman–Crippen MR) is 114 cm³/mol. The lowest BCUT2D eigenvalue weighted by atomic mass is 10.2. The molecule has 1 saturated heterocycles. The predicted octanol–water partition coefficient (Wildman–Crippen LogP) is 0.941. The van der Waals surface area contributed by atoms with E-state index in [2.05, 4.69) is 0 Å². The molecule has 0 saturated carbocycles. The van der Waals surface area contributed by atoms with Crippen molar-refractivity contribution in [3.63, 3.8) is 0 Å². The molecule has 0 N–H and O–H groups in total. The maximum atomic E-state index is 13.2. The topological polar surface area (TPSA) is 120 Å². The normalized spacial score (nSPS) is 18.2. The highest BCUT2D eigenvalue weighted by Crippen LogP contribution is 2.27. The van der Waals surface area contributed by atoms with Crippen molar-refractivity contribution in [3.05, 3.63) is 48.5 Å². The van der Waals surface area contributed by atoms with Crippen LogP contribution in [-0.2, 0) is 29.6 Å². The van der Waals surface area contributed by atoms with Gasteiger partial charge in [-0.2, -0.15) is 8.61 Å². The number of rotatable bonds is 7. The van der Waals surface area contributed by atoms with Crippen LogP contribution in [-0.4, -0.2) is 78.4 Å². The van der Waals surface area contributed by atoms with E-state index in [1.807, 2.05) is 0 Å². The van der Waals surface area contributed by atoms with Gasteiger partial charge in [0, 0.05) is 19.6 Å². The number of carbonyl (C=O) groups excluding carboxylic acids is 1. The summed E-state index contributed by atoms with van der Waals surface area (Å²) in [6.45, 7) is -0.725. The highest BCUT2D eigenvalue weighted by Gasteiger charge is 2.44. The van der Waals surface area contributed by atoms with Gasteiger partial charge in [-0.15, -0.1) is 0 Å². The van der Waals surface area contributed by atoms with E-state index in [4.69, 9.17) is 14.2 Å². The molecule has 1 fully saturated rings. The zero-order valence-corrected chi connectivity index (χ0v) is 19.4. The highest BCUT2D eigenvalue weighted by atomic mass is 32.2. The average molecular weight is 485 g/mol. The standard InChI is InChI=1S/C20H24N2O8S2/c1-28-15-4-8-17(9-5-15)31(24,25)21-12-13-22(19(14-21)20(23)30-3)32(26,27)18-10-6-16(29-2)7-11-18/h4-11,19H,12-14H2,1-3H3. The number of piperazine rings is 1. The summed E-state index contributed by atoms with van der Waals surface area (Å²) in [5.74, 6) is 0.118. The minimum absolute atomic E-state index is 0.00776. The van der Waals surface area contributed by atoms with Gasteiger partial charge in [-0.25, -0.2) is 16.8 Å². The number of sulfonamides is 2. The van der Waals surface area contributed by atoms with Crippen molar-refractivity contribution in [1.29, 1.82) is 0 Å². The maximum absolute atomic E-state index is 13.2. The molecule has 12 heteroatoms. The van der Waals surface area contributed by atoms with E-state index in [0.29, 0.717) is 11.5 Å². The molecule has 3 rings (SSSR count). The Morgan fingerprint density at radius 2 is 1.25 bits per heavy atom. The lowest BCUT2D eigenvalue weighted by molar-refractivity contribution is -0.146. The van der Waals surface area contributed by atoms with Gasteiger partial charge in [0.2, 0.25) is 20.0 Å². The van der Waals surface area contributed by atoms with Crippen LogP contribution >= 0.6 is 0 Å². The van der Waals surface area contributed by atoms with Gasteiger partial charge in [0.15, 0.2) is 0 Å². The summed E-state index contributed by atoms with van der Waals surface area (Å²) in [7, 11) is -4.02. The summed E-state index contributed by atoms with van der Waals surface area (Å²) in [6.07, 6.45) is 0. The molecule has 0 aromatic heterocycles. The Labute approximate surface area is 187 Å². The molecule has 1 unspecified atom stereocenters. The fourth-order valence-corrected chi connectivity index (χ4v) is 6.35. The molecule has 1 aliphatic heterocycles. The fourth-order valence-electron chi connectivity index (χ4n) is 3.36. The minimum Gasteiger partial charge on any atom is -0.497 e. The number of methoxy groups -OCH3 is 3. The highest BCUT2D eigenvalue weighted by molar-refractivity contribution is 7.89. The van der Waals surface area contributed by atoms with Gasteiger partial charge in [0.25, 0.3) is 0 Å². The number of esters is 1. The number of ether oxygens (including phenoxy) is 3.